The van der Waals surface area contributed by atoms with Crippen LogP contribution in [0.3, 0.4) is 0 Å². The molecule has 2 aromatic carbocycles. The first-order chi connectivity index (χ1) is 9.33. The van der Waals surface area contributed by atoms with E-state index in [1.807, 2.05) is 30.3 Å². The third kappa shape index (κ3) is 1.53. The molecule has 0 spiro atoms. The maximum absolute atomic E-state index is 13.7. The van der Waals surface area contributed by atoms with Gasteiger partial charge >= 0.3 is 0 Å². The predicted molar refractivity (Wildman–Crippen MR) is 69.8 cm³/mol. The number of H-pyrrole nitrogens is 1. The van der Waals surface area contributed by atoms with E-state index in [4.69, 9.17) is 4.74 Å². The minimum atomic E-state index is -0.299. The fourth-order valence-electron chi connectivity index (χ4n) is 2.57. The summed E-state index contributed by atoms with van der Waals surface area (Å²) in [6.07, 6.45) is 0. The molecule has 1 N–H and O–H groups in total. The summed E-state index contributed by atoms with van der Waals surface area (Å²) in [6.45, 7) is 0.542. The van der Waals surface area contributed by atoms with E-state index < -0.39 is 0 Å². The molecule has 1 aromatic heterocycles. The number of nitrogens with one attached hydrogen (secondary N) is 1. The topological polar surface area (TPSA) is 37.9 Å². The van der Waals surface area contributed by atoms with Gasteiger partial charge in [-0.2, -0.15) is 0 Å². The molecule has 0 bridgehead atoms. The molecule has 4 rings (SSSR count). The quantitative estimate of drug-likeness (QED) is 0.724. The Morgan fingerprint density at radius 1 is 1.16 bits per heavy atom. The van der Waals surface area contributed by atoms with Gasteiger partial charge in [0.1, 0.15) is 23.7 Å². The number of halogens is 1. The lowest BCUT2D eigenvalue weighted by atomic mass is 10.0. The van der Waals surface area contributed by atoms with Crippen molar-refractivity contribution in [3.05, 3.63) is 59.7 Å². The third-order valence-corrected chi connectivity index (χ3v) is 3.51. The van der Waals surface area contributed by atoms with E-state index in [2.05, 4.69) is 9.97 Å². The van der Waals surface area contributed by atoms with Gasteiger partial charge in [0.15, 0.2) is 5.82 Å². The number of hydrogen-bond donors (Lipinski definition) is 1. The van der Waals surface area contributed by atoms with Crippen LogP contribution in [-0.4, -0.2) is 16.6 Å². The minimum Gasteiger partial charge on any atom is -0.492 e. The standard InChI is InChI=1S/C15H11FN2O/c16-11-5-3-6-12-14(11)18-15(17-12)10-8-19-13-7-2-1-4-9(10)13/h1-7,10H,8H2,(H,17,18). The third-order valence-electron chi connectivity index (χ3n) is 3.51. The van der Waals surface area contributed by atoms with Gasteiger partial charge in [0.2, 0.25) is 0 Å². The Morgan fingerprint density at radius 3 is 2.95 bits per heavy atom. The molecule has 0 fully saturated rings. The molecular weight excluding hydrogens is 243 g/mol. The second-order valence-electron chi connectivity index (χ2n) is 4.66. The molecule has 3 nitrogen and oxygen atoms in total. The molecule has 2 heterocycles. The van der Waals surface area contributed by atoms with Crippen LogP contribution >= 0.6 is 0 Å². The Morgan fingerprint density at radius 2 is 2.05 bits per heavy atom. The van der Waals surface area contributed by atoms with E-state index in [0.717, 1.165) is 22.7 Å². The summed E-state index contributed by atoms with van der Waals surface area (Å²) in [5.41, 5.74) is 2.21. The average molecular weight is 254 g/mol. The van der Waals surface area contributed by atoms with Crippen molar-refractivity contribution < 1.29 is 9.13 Å². The summed E-state index contributed by atoms with van der Waals surface area (Å²) in [7, 11) is 0. The van der Waals surface area contributed by atoms with E-state index in [1.54, 1.807) is 6.07 Å². The van der Waals surface area contributed by atoms with Crippen LogP contribution in [0.2, 0.25) is 0 Å². The van der Waals surface area contributed by atoms with Crippen LogP contribution in [0.25, 0.3) is 11.0 Å². The molecule has 1 unspecified atom stereocenters. The zero-order valence-electron chi connectivity index (χ0n) is 10.1. The summed E-state index contributed by atoms with van der Waals surface area (Å²) >= 11 is 0. The number of hydrogen-bond acceptors (Lipinski definition) is 2. The predicted octanol–water partition coefficient (Wildman–Crippen LogP) is 3.23. The van der Waals surface area contributed by atoms with Crippen molar-refractivity contribution in [1.29, 1.82) is 0 Å². The molecule has 0 radical (unpaired) electrons. The number of ether oxygens (including phenoxy) is 1. The highest BCUT2D eigenvalue weighted by atomic mass is 19.1. The molecule has 1 aliphatic heterocycles. The molecule has 0 amide bonds. The second-order valence-corrected chi connectivity index (χ2v) is 4.66. The summed E-state index contributed by atoms with van der Waals surface area (Å²) in [4.78, 5) is 7.57. The highest BCUT2D eigenvalue weighted by Crippen LogP contribution is 2.37. The molecule has 94 valence electrons. The van der Waals surface area contributed by atoms with Gasteiger partial charge in [-0.25, -0.2) is 9.37 Å². The van der Waals surface area contributed by atoms with Gasteiger partial charge in [0.25, 0.3) is 0 Å². The molecule has 0 saturated heterocycles. The fourth-order valence-corrected chi connectivity index (χ4v) is 2.57. The van der Waals surface area contributed by atoms with E-state index in [0.29, 0.717) is 12.1 Å². The van der Waals surface area contributed by atoms with Crippen molar-refractivity contribution in [1.82, 2.24) is 9.97 Å². The van der Waals surface area contributed by atoms with Crippen LogP contribution in [0.4, 0.5) is 4.39 Å². The number of rotatable bonds is 1. The maximum Gasteiger partial charge on any atom is 0.151 e. The lowest BCUT2D eigenvalue weighted by Gasteiger charge is -2.03. The zero-order valence-corrected chi connectivity index (χ0v) is 10.1. The van der Waals surface area contributed by atoms with E-state index in [-0.39, 0.29) is 11.7 Å². The number of imidazole rings is 1. The van der Waals surface area contributed by atoms with Gasteiger partial charge in [0.05, 0.1) is 11.4 Å². The van der Waals surface area contributed by atoms with Crippen LogP contribution in [0, 0.1) is 5.82 Å². The van der Waals surface area contributed by atoms with Crippen LogP contribution < -0.4 is 4.74 Å². The molecule has 1 aliphatic rings. The summed E-state index contributed by atoms with van der Waals surface area (Å²) < 4.78 is 19.3. The molecule has 3 aromatic rings. The highest BCUT2D eigenvalue weighted by molar-refractivity contribution is 5.76. The number of benzene rings is 2. The van der Waals surface area contributed by atoms with Crippen molar-refractivity contribution in [3.63, 3.8) is 0 Å². The second kappa shape index (κ2) is 3.82. The maximum atomic E-state index is 13.7. The Balaban J connectivity index is 1.86. The first-order valence-corrected chi connectivity index (χ1v) is 6.19. The number of aromatic nitrogens is 2. The SMILES string of the molecule is Fc1cccc2[nH]c(C3COc4ccccc43)nc12. The number of para-hydroxylation sites is 2. The minimum absolute atomic E-state index is 0.0444. The molecule has 0 saturated carbocycles. The van der Waals surface area contributed by atoms with Crippen LogP contribution in [0.1, 0.15) is 17.3 Å². The number of aromatic amines is 1. The Kier molecular flexibility index (Phi) is 2.12. The van der Waals surface area contributed by atoms with Gasteiger partial charge in [-0.1, -0.05) is 24.3 Å². The number of nitrogens with zero attached hydrogens (tertiary/aromatic N) is 1. The summed E-state index contributed by atoms with van der Waals surface area (Å²) in [6, 6.07) is 12.8. The van der Waals surface area contributed by atoms with Gasteiger partial charge in [-0.05, 0) is 18.2 Å². The molecule has 0 aliphatic carbocycles. The number of fused-ring (bicyclic) bond motifs is 2. The van der Waals surface area contributed by atoms with Crippen molar-refractivity contribution in [2.45, 2.75) is 5.92 Å². The molecule has 1 atom stereocenters. The lowest BCUT2D eigenvalue weighted by Crippen LogP contribution is -2.04. The van der Waals surface area contributed by atoms with Crippen molar-refractivity contribution in [3.8, 4) is 5.75 Å². The van der Waals surface area contributed by atoms with E-state index in [9.17, 15) is 4.39 Å². The van der Waals surface area contributed by atoms with E-state index in [1.165, 1.54) is 6.07 Å². The lowest BCUT2D eigenvalue weighted by molar-refractivity contribution is 0.340. The Labute approximate surface area is 109 Å². The summed E-state index contributed by atoms with van der Waals surface area (Å²) in [5, 5.41) is 0. The smallest absolute Gasteiger partial charge is 0.151 e. The van der Waals surface area contributed by atoms with Gasteiger partial charge in [-0.3, -0.25) is 0 Å². The highest BCUT2D eigenvalue weighted by Gasteiger charge is 2.28. The van der Waals surface area contributed by atoms with Gasteiger partial charge in [-0.15, -0.1) is 0 Å². The largest absolute Gasteiger partial charge is 0.492 e. The normalized spacial score (nSPS) is 17.4. The Bertz CT molecular complexity index is 766. The fraction of sp³-hybridized carbons (Fsp3) is 0.133. The average Bonchev–Trinajstić information content (AvgIpc) is 3.02. The molecular formula is C15H11FN2O. The van der Waals surface area contributed by atoms with Gasteiger partial charge in [0, 0.05) is 5.56 Å². The zero-order chi connectivity index (χ0) is 12.8. The first-order valence-electron chi connectivity index (χ1n) is 6.19. The first kappa shape index (κ1) is 10.6. The molecule has 4 heteroatoms. The monoisotopic (exact) mass is 254 g/mol. The van der Waals surface area contributed by atoms with E-state index >= 15 is 0 Å². The van der Waals surface area contributed by atoms with Crippen molar-refractivity contribution in [2.75, 3.05) is 6.61 Å². The summed E-state index contributed by atoms with van der Waals surface area (Å²) in [5.74, 6) is 1.38. The van der Waals surface area contributed by atoms with Gasteiger partial charge < -0.3 is 9.72 Å². The van der Waals surface area contributed by atoms with Crippen LogP contribution in [0.5, 0.6) is 5.75 Å². The van der Waals surface area contributed by atoms with Crippen LogP contribution in [-0.2, 0) is 0 Å². The van der Waals surface area contributed by atoms with Crippen molar-refractivity contribution >= 4 is 11.0 Å². The Hall–Kier alpha value is -2.36. The molecule has 19 heavy (non-hydrogen) atoms. The van der Waals surface area contributed by atoms with Crippen molar-refractivity contribution in [2.24, 2.45) is 0 Å². The van der Waals surface area contributed by atoms with Crippen LogP contribution in [0.15, 0.2) is 42.5 Å².